The zero-order valence-electron chi connectivity index (χ0n) is 13.8. The molecule has 0 aliphatic carbocycles. The van der Waals surface area contributed by atoms with Gasteiger partial charge >= 0.3 is 6.18 Å². The van der Waals surface area contributed by atoms with E-state index in [-0.39, 0.29) is 24.1 Å². The minimum atomic E-state index is -4.35. The van der Waals surface area contributed by atoms with Gasteiger partial charge in [0.05, 0.1) is 11.8 Å². The Labute approximate surface area is 134 Å². The van der Waals surface area contributed by atoms with E-state index in [2.05, 4.69) is 10.3 Å². The number of aromatic nitrogens is 2. The van der Waals surface area contributed by atoms with Gasteiger partial charge in [0.25, 0.3) is 0 Å². The maximum absolute atomic E-state index is 13.2. The van der Waals surface area contributed by atoms with Crippen molar-refractivity contribution in [1.29, 1.82) is 0 Å². The van der Waals surface area contributed by atoms with Crippen molar-refractivity contribution in [2.45, 2.75) is 52.4 Å². The van der Waals surface area contributed by atoms with Crippen LogP contribution < -0.4 is 5.32 Å². The minimum absolute atomic E-state index is 0.104. The van der Waals surface area contributed by atoms with Gasteiger partial charge in [-0.3, -0.25) is 0 Å². The van der Waals surface area contributed by atoms with Gasteiger partial charge in [0.1, 0.15) is 0 Å². The maximum atomic E-state index is 13.2. The molecule has 3 nitrogen and oxygen atoms in total. The second-order valence-corrected chi connectivity index (χ2v) is 6.17. The topological polar surface area (TPSA) is 29.9 Å². The number of nitrogens with one attached hydrogen (secondary N) is 1. The van der Waals surface area contributed by atoms with Gasteiger partial charge in [0.2, 0.25) is 5.95 Å². The predicted octanol–water partition coefficient (Wildman–Crippen LogP) is 4.89. The van der Waals surface area contributed by atoms with Gasteiger partial charge in [-0.15, -0.1) is 0 Å². The molecule has 0 aliphatic rings. The predicted molar refractivity (Wildman–Crippen MR) is 85.6 cm³/mol. The highest BCUT2D eigenvalue weighted by atomic mass is 19.4. The van der Waals surface area contributed by atoms with Crippen molar-refractivity contribution in [3.8, 4) is 0 Å². The monoisotopic (exact) mass is 325 g/mol. The molecule has 0 unspecified atom stereocenters. The first-order chi connectivity index (χ1) is 10.7. The van der Waals surface area contributed by atoms with Crippen molar-refractivity contribution in [3.63, 3.8) is 0 Å². The number of anilines is 1. The van der Waals surface area contributed by atoms with Crippen LogP contribution in [0.2, 0.25) is 0 Å². The lowest BCUT2D eigenvalue weighted by atomic mass is 10.0. The molecule has 2 aromatic rings. The summed E-state index contributed by atoms with van der Waals surface area (Å²) < 4.78 is 41.4. The van der Waals surface area contributed by atoms with E-state index in [1.54, 1.807) is 12.3 Å². The molecular weight excluding hydrogens is 303 g/mol. The number of benzene rings is 1. The Bertz CT molecular complexity index is 657. The average Bonchev–Trinajstić information content (AvgIpc) is 2.80. The van der Waals surface area contributed by atoms with Crippen molar-refractivity contribution in [1.82, 2.24) is 9.55 Å². The Balaban J connectivity index is 2.40. The number of nitrogens with zero attached hydrogens (tertiary/aromatic N) is 2. The molecule has 0 radical (unpaired) electrons. The summed E-state index contributed by atoms with van der Waals surface area (Å²) >= 11 is 0. The number of hydrogen-bond acceptors (Lipinski definition) is 2. The summed E-state index contributed by atoms with van der Waals surface area (Å²) in [5.41, 5.74) is 0.438. The summed E-state index contributed by atoms with van der Waals surface area (Å²) in [5, 5.41) is 3.24. The fraction of sp³-hybridized carbons (Fsp3) is 0.471. The lowest BCUT2D eigenvalue weighted by molar-refractivity contribution is -0.138. The van der Waals surface area contributed by atoms with Crippen LogP contribution in [0.15, 0.2) is 30.5 Å². The summed E-state index contributed by atoms with van der Waals surface area (Å²) in [6, 6.07) is 6.00. The molecule has 1 aromatic carbocycles. The molecule has 126 valence electrons. The molecule has 1 heterocycles. The first kappa shape index (κ1) is 17.4. The third-order valence-electron chi connectivity index (χ3n) is 3.50. The van der Waals surface area contributed by atoms with Gasteiger partial charge in [-0.05, 0) is 39.3 Å². The molecule has 1 N–H and O–H groups in total. The second-order valence-electron chi connectivity index (χ2n) is 6.17. The Morgan fingerprint density at radius 1 is 1.13 bits per heavy atom. The van der Waals surface area contributed by atoms with Crippen LogP contribution in [0.1, 0.15) is 50.6 Å². The van der Waals surface area contributed by atoms with E-state index in [1.165, 1.54) is 12.1 Å². The molecule has 2 rings (SSSR count). The molecule has 6 heteroatoms. The van der Waals surface area contributed by atoms with Crippen LogP contribution in [0.4, 0.5) is 19.1 Å². The summed E-state index contributed by atoms with van der Waals surface area (Å²) in [4.78, 5) is 4.34. The van der Waals surface area contributed by atoms with Crippen LogP contribution in [0.5, 0.6) is 0 Å². The summed E-state index contributed by atoms with van der Waals surface area (Å²) in [6.07, 6.45) is -2.50. The van der Waals surface area contributed by atoms with Crippen molar-refractivity contribution in [2.24, 2.45) is 0 Å². The highest BCUT2D eigenvalue weighted by Gasteiger charge is 2.33. The molecule has 0 bridgehead atoms. The van der Waals surface area contributed by atoms with E-state index in [9.17, 15) is 13.2 Å². The van der Waals surface area contributed by atoms with Gasteiger partial charge in [0.15, 0.2) is 0 Å². The van der Waals surface area contributed by atoms with Crippen LogP contribution in [0.3, 0.4) is 0 Å². The van der Waals surface area contributed by atoms with Gasteiger partial charge in [0, 0.05) is 24.2 Å². The molecule has 0 aliphatic heterocycles. The highest BCUT2D eigenvalue weighted by molar-refractivity contribution is 5.37. The first-order valence-electron chi connectivity index (χ1n) is 7.68. The summed E-state index contributed by atoms with van der Waals surface area (Å²) in [6.45, 7) is 7.98. The Morgan fingerprint density at radius 3 is 2.35 bits per heavy atom. The quantitative estimate of drug-likeness (QED) is 0.848. The zero-order chi connectivity index (χ0) is 17.2. The highest BCUT2D eigenvalue weighted by Crippen LogP contribution is 2.33. The lowest BCUT2D eigenvalue weighted by Gasteiger charge is -2.19. The van der Waals surface area contributed by atoms with Crippen LogP contribution in [0.25, 0.3) is 0 Å². The van der Waals surface area contributed by atoms with Crippen molar-refractivity contribution in [2.75, 3.05) is 5.32 Å². The molecular formula is C17H22F3N3. The molecule has 0 saturated heterocycles. The summed E-state index contributed by atoms with van der Waals surface area (Å²) in [7, 11) is 0. The second kappa shape index (κ2) is 6.64. The molecule has 0 saturated carbocycles. The zero-order valence-corrected chi connectivity index (χ0v) is 13.8. The normalized spacial score (nSPS) is 12.2. The third-order valence-corrected chi connectivity index (χ3v) is 3.50. The van der Waals surface area contributed by atoms with Gasteiger partial charge in [-0.2, -0.15) is 13.2 Å². The van der Waals surface area contributed by atoms with Gasteiger partial charge in [-0.25, -0.2) is 4.98 Å². The fourth-order valence-electron chi connectivity index (χ4n) is 2.61. The number of hydrogen-bond donors (Lipinski definition) is 1. The summed E-state index contributed by atoms with van der Waals surface area (Å²) in [5.74, 6) is 0.689. The van der Waals surface area contributed by atoms with Crippen molar-refractivity contribution in [3.05, 3.63) is 47.3 Å². The molecule has 23 heavy (non-hydrogen) atoms. The van der Waals surface area contributed by atoms with Crippen molar-refractivity contribution >= 4 is 5.95 Å². The molecule has 0 atom stereocenters. The minimum Gasteiger partial charge on any atom is -0.353 e. The van der Waals surface area contributed by atoms with E-state index in [0.717, 1.165) is 11.8 Å². The Morgan fingerprint density at radius 2 is 1.78 bits per heavy atom. The van der Waals surface area contributed by atoms with E-state index in [1.807, 2.05) is 32.3 Å². The van der Waals surface area contributed by atoms with Crippen LogP contribution in [-0.4, -0.2) is 15.6 Å². The van der Waals surface area contributed by atoms with E-state index >= 15 is 0 Å². The third kappa shape index (κ3) is 4.06. The average molecular weight is 325 g/mol. The van der Waals surface area contributed by atoms with Crippen LogP contribution >= 0.6 is 0 Å². The number of imidazole rings is 1. The van der Waals surface area contributed by atoms with Crippen molar-refractivity contribution < 1.29 is 13.2 Å². The molecule has 1 aromatic heterocycles. The number of alkyl halides is 3. The van der Waals surface area contributed by atoms with E-state index in [0.29, 0.717) is 5.95 Å². The Kier molecular flexibility index (Phi) is 5.02. The smallest absolute Gasteiger partial charge is 0.353 e. The van der Waals surface area contributed by atoms with Crippen LogP contribution in [-0.2, 0) is 12.6 Å². The van der Waals surface area contributed by atoms with Gasteiger partial charge in [-0.1, -0.05) is 18.2 Å². The fourth-order valence-corrected chi connectivity index (χ4v) is 2.61. The van der Waals surface area contributed by atoms with E-state index < -0.39 is 11.7 Å². The first-order valence-corrected chi connectivity index (χ1v) is 7.68. The largest absolute Gasteiger partial charge is 0.416 e. The maximum Gasteiger partial charge on any atom is 0.416 e. The molecule has 0 spiro atoms. The van der Waals surface area contributed by atoms with Crippen LogP contribution in [0, 0.1) is 0 Å². The standard InChI is InChI=1S/C17H22F3N3/c1-11(2)22-16-21-10-14(23(16)12(3)4)9-13-7-5-6-8-15(13)17(18,19)20/h5-8,10-12H,9H2,1-4H3,(H,21,22). The lowest BCUT2D eigenvalue weighted by Crippen LogP contribution is -2.17. The van der Waals surface area contributed by atoms with Gasteiger partial charge < -0.3 is 9.88 Å². The molecule has 0 fully saturated rings. The van der Waals surface area contributed by atoms with E-state index in [4.69, 9.17) is 0 Å². The molecule has 0 amide bonds. The SMILES string of the molecule is CC(C)Nc1ncc(Cc2ccccc2C(F)(F)F)n1C(C)C. The Hall–Kier alpha value is -1.98. The number of rotatable bonds is 5. The number of halogens is 3.